The topological polar surface area (TPSA) is 26.3 Å². The van der Waals surface area contributed by atoms with Crippen LogP contribution < -0.4 is 0 Å². The molecule has 2 nitrogen and oxygen atoms in total. The van der Waals surface area contributed by atoms with Gasteiger partial charge in [0.05, 0.1) is 5.41 Å². The summed E-state index contributed by atoms with van der Waals surface area (Å²) in [5.41, 5.74) is 0.453. The van der Waals surface area contributed by atoms with Crippen LogP contribution in [0.25, 0.3) is 0 Å². The van der Waals surface area contributed by atoms with Gasteiger partial charge in [-0.25, -0.2) is 4.39 Å². The highest BCUT2D eigenvalue weighted by Gasteiger charge is 2.70. The molecular formula is C13H13FO2. The van der Waals surface area contributed by atoms with E-state index in [1.165, 1.54) is 12.1 Å². The van der Waals surface area contributed by atoms with Gasteiger partial charge in [-0.05, 0) is 30.5 Å². The van der Waals surface area contributed by atoms with Gasteiger partial charge in [0.15, 0.2) is 0 Å². The molecule has 16 heavy (non-hydrogen) atoms. The third kappa shape index (κ3) is 1.09. The molecule has 0 N–H and O–H groups in total. The number of hydrogen-bond donors (Lipinski definition) is 0. The van der Waals surface area contributed by atoms with Crippen LogP contribution in [-0.4, -0.2) is 12.1 Å². The quantitative estimate of drug-likeness (QED) is 0.715. The normalized spacial score (nSPS) is 35.8. The highest BCUT2D eigenvalue weighted by Crippen LogP contribution is 2.62. The van der Waals surface area contributed by atoms with E-state index < -0.39 is 5.41 Å². The fraction of sp³-hybridized carbons (Fsp3) is 0.462. The molecule has 3 atom stereocenters. The Kier molecular flexibility index (Phi) is 1.88. The second kappa shape index (κ2) is 3.06. The Hall–Kier alpha value is -1.38. The van der Waals surface area contributed by atoms with E-state index >= 15 is 0 Å². The molecule has 0 aromatic heterocycles. The standard InChI is InChI=1S/C13H13FO2/c1-2-11-10-7-13(10,12(15)16-11)8-3-5-9(14)6-4-8/h3-6,10-11H,2,7H2,1H3/t10-,11-,13+/m0/s1. The molecule has 1 aliphatic heterocycles. The van der Waals surface area contributed by atoms with Gasteiger partial charge in [-0.1, -0.05) is 19.1 Å². The number of hydrogen-bond acceptors (Lipinski definition) is 2. The molecule has 2 fully saturated rings. The Morgan fingerprint density at radius 2 is 2.12 bits per heavy atom. The van der Waals surface area contributed by atoms with E-state index in [1.54, 1.807) is 12.1 Å². The lowest BCUT2D eigenvalue weighted by atomic mass is 9.93. The van der Waals surface area contributed by atoms with Crippen molar-refractivity contribution in [1.82, 2.24) is 0 Å². The molecule has 1 saturated carbocycles. The summed E-state index contributed by atoms with van der Waals surface area (Å²) >= 11 is 0. The minimum Gasteiger partial charge on any atom is -0.461 e. The first-order chi connectivity index (χ1) is 7.68. The van der Waals surface area contributed by atoms with Crippen LogP contribution in [0, 0.1) is 11.7 Å². The number of rotatable bonds is 2. The predicted octanol–water partition coefficient (Wildman–Crippen LogP) is 2.42. The second-order valence-electron chi connectivity index (χ2n) is 4.64. The number of ether oxygens (including phenoxy) is 1. The van der Waals surface area contributed by atoms with E-state index in [2.05, 4.69) is 0 Å². The maximum absolute atomic E-state index is 12.8. The van der Waals surface area contributed by atoms with Gasteiger partial charge in [-0.3, -0.25) is 4.79 Å². The van der Waals surface area contributed by atoms with Crippen molar-refractivity contribution in [3.05, 3.63) is 35.6 Å². The van der Waals surface area contributed by atoms with Gasteiger partial charge in [-0.15, -0.1) is 0 Å². The first kappa shape index (κ1) is 9.82. The number of carbonyl (C=O) groups is 1. The van der Waals surface area contributed by atoms with Crippen molar-refractivity contribution < 1.29 is 13.9 Å². The summed E-state index contributed by atoms with van der Waals surface area (Å²) in [5.74, 6) is -0.0952. The highest BCUT2D eigenvalue weighted by atomic mass is 19.1. The Morgan fingerprint density at radius 1 is 1.44 bits per heavy atom. The van der Waals surface area contributed by atoms with Crippen LogP contribution in [0.3, 0.4) is 0 Å². The van der Waals surface area contributed by atoms with E-state index in [1.807, 2.05) is 6.92 Å². The fourth-order valence-electron chi connectivity index (χ4n) is 2.86. The fourth-order valence-corrected chi connectivity index (χ4v) is 2.86. The van der Waals surface area contributed by atoms with Crippen LogP contribution in [-0.2, 0) is 14.9 Å². The monoisotopic (exact) mass is 220 g/mol. The summed E-state index contributed by atoms with van der Waals surface area (Å²) in [7, 11) is 0. The zero-order valence-electron chi connectivity index (χ0n) is 9.07. The zero-order chi connectivity index (χ0) is 11.3. The lowest BCUT2D eigenvalue weighted by Gasteiger charge is -2.10. The Morgan fingerprint density at radius 3 is 2.62 bits per heavy atom. The molecule has 0 amide bonds. The van der Waals surface area contributed by atoms with Crippen molar-refractivity contribution in [3.63, 3.8) is 0 Å². The number of benzene rings is 1. The second-order valence-corrected chi connectivity index (χ2v) is 4.64. The van der Waals surface area contributed by atoms with Crippen molar-refractivity contribution >= 4 is 5.97 Å². The maximum atomic E-state index is 12.8. The number of cyclic esters (lactones) is 1. The van der Waals surface area contributed by atoms with Gasteiger partial charge in [0.1, 0.15) is 11.9 Å². The van der Waals surface area contributed by atoms with Crippen molar-refractivity contribution in [2.24, 2.45) is 5.92 Å². The molecule has 0 spiro atoms. The van der Waals surface area contributed by atoms with Gasteiger partial charge in [0.2, 0.25) is 0 Å². The predicted molar refractivity (Wildman–Crippen MR) is 56.4 cm³/mol. The Labute approximate surface area is 93.4 Å². The first-order valence-electron chi connectivity index (χ1n) is 5.65. The van der Waals surface area contributed by atoms with E-state index in [0.717, 1.165) is 18.4 Å². The molecule has 1 aromatic rings. The SMILES string of the molecule is CC[C@@H]1OC(=O)[C@@]2(c3ccc(F)cc3)C[C@@H]12. The van der Waals surface area contributed by atoms with Gasteiger partial charge >= 0.3 is 5.97 Å². The maximum Gasteiger partial charge on any atom is 0.317 e. The first-order valence-corrected chi connectivity index (χ1v) is 5.65. The van der Waals surface area contributed by atoms with E-state index in [-0.39, 0.29) is 17.9 Å². The molecular weight excluding hydrogens is 207 g/mol. The average Bonchev–Trinajstić information content (AvgIpc) is 2.97. The van der Waals surface area contributed by atoms with Crippen molar-refractivity contribution in [3.8, 4) is 0 Å². The molecule has 84 valence electrons. The summed E-state index contributed by atoms with van der Waals surface area (Å²) in [4.78, 5) is 11.9. The largest absolute Gasteiger partial charge is 0.461 e. The van der Waals surface area contributed by atoms with Crippen LogP contribution in [0.1, 0.15) is 25.3 Å². The van der Waals surface area contributed by atoms with Gasteiger partial charge in [0.25, 0.3) is 0 Å². The zero-order valence-corrected chi connectivity index (χ0v) is 9.07. The van der Waals surface area contributed by atoms with Gasteiger partial charge in [-0.2, -0.15) is 0 Å². The van der Waals surface area contributed by atoms with Crippen LogP contribution in [0.5, 0.6) is 0 Å². The lowest BCUT2D eigenvalue weighted by molar-refractivity contribution is -0.146. The molecule has 0 unspecified atom stereocenters. The van der Waals surface area contributed by atoms with Crippen LogP contribution >= 0.6 is 0 Å². The molecule has 3 rings (SSSR count). The summed E-state index contributed by atoms with van der Waals surface area (Å²) in [6, 6.07) is 6.22. The molecule has 0 radical (unpaired) electrons. The van der Waals surface area contributed by atoms with E-state index in [0.29, 0.717) is 5.92 Å². The average molecular weight is 220 g/mol. The summed E-state index contributed by atoms with van der Waals surface area (Å²) in [6.45, 7) is 2.02. The third-order valence-corrected chi connectivity index (χ3v) is 3.85. The summed E-state index contributed by atoms with van der Waals surface area (Å²) < 4.78 is 18.2. The molecule has 1 saturated heterocycles. The number of esters is 1. The van der Waals surface area contributed by atoms with E-state index in [9.17, 15) is 9.18 Å². The highest BCUT2D eigenvalue weighted by molar-refractivity contribution is 5.90. The number of carbonyl (C=O) groups excluding carboxylic acids is 1. The molecule has 0 bridgehead atoms. The molecule has 2 aliphatic rings. The van der Waals surface area contributed by atoms with Crippen LogP contribution in [0.15, 0.2) is 24.3 Å². The van der Waals surface area contributed by atoms with E-state index in [4.69, 9.17) is 4.74 Å². The summed E-state index contributed by atoms with van der Waals surface area (Å²) in [5, 5.41) is 0. The van der Waals surface area contributed by atoms with Crippen molar-refractivity contribution in [2.45, 2.75) is 31.3 Å². The molecule has 3 heteroatoms. The minimum atomic E-state index is -0.450. The number of fused-ring (bicyclic) bond motifs is 1. The van der Waals surface area contributed by atoms with Crippen LogP contribution in [0.2, 0.25) is 0 Å². The van der Waals surface area contributed by atoms with Gasteiger partial charge in [0, 0.05) is 5.92 Å². The molecule has 1 aliphatic carbocycles. The lowest BCUT2D eigenvalue weighted by Crippen LogP contribution is -2.19. The Balaban J connectivity index is 1.97. The Bertz CT molecular complexity index is 440. The molecule has 1 aromatic carbocycles. The number of halogens is 1. The van der Waals surface area contributed by atoms with Crippen molar-refractivity contribution in [1.29, 1.82) is 0 Å². The minimum absolute atomic E-state index is 0.0533. The van der Waals surface area contributed by atoms with Gasteiger partial charge < -0.3 is 4.74 Å². The van der Waals surface area contributed by atoms with Crippen molar-refractivity contribution in [2.75, 3.05) is 0 Å². The molecule has 1 heterocycles. The smallest absolute Gasteiger partial charge is 0.317 e. The van der Waals surface area contributed by atoms with Crippen LogP contribution in [0.4, 0.5) is 4.39 Å². The third-order valence-electron chi connectivity index (χ3n) is 3.85. The summed E-state index contributed by atoms with van der Waals surface area (Å²) in [6.07, 6.45) is 1.77.